The Balaban J connectivity index is 1.98. The van der Waals surface area contributed by atoms with Crippen molar-refractivity contribution in [1.29, 1.82) is 0 Å². The van der Waals surface area contributed by atoms with Crippen molar-refractivity contribution >= 4 is 22.5 Å². The van der Waals surface area contributed by atoms with Gasteiger partial charge in [-0.05, 0) is 36.9 Å². The monoisotopic (exact) mass is 297 g/mol. The fourth-order valence-electron chi connectivity index (χ4n) is 2.53. The molecule has 1 heterocycles. The van der Waals surface area contributed by atoms with Gasteiger partial charge in [0.25, 0.3) is 0 Å². The van der Waals surface area contributed by atoms with Gasteiger partial charge < -0.3 is 5.32 Å². The SMILES string of the molecule is CNCc1c(C)nn(C)c1Sc1ccc2ccccc2c1. The van der Waals surface area contributed by atoms with Crippen LogP contribution in [0.15, 0.2) is 52.4 Å². The summed E-state index contributed by atoms with van der Waals surface area (Å²) in [5, 5.41) is 11.5. The van der Waals surface area contributed by atoms with Crippen LogP contribution in [0.4, 0.5) is 0 Å². The molecule has 0 atom stereocenters. The van der Waals surface area contributed by atoms with Gasteiger partial charge in [0, 0.05) is 24.1 Å². The molecule has 0 aliphatic heterocycles. The lowest BCUT2D eigenvalue weighted by atomic mass is 10.1. The number of hydrogen-bond donors (Lipinski definition) is 1. The normalized spacial score (nSPS) is 11.2. The van der Waals surface area contributed by atoms with Crippen molar-refractivity contribution < 1.29 is 0 Å². The topological polar surface area (TPSA) is 29.9 Å². The van der Waals surface area contributed by atoms with E-state index in [1.807, 2.05) is 18.8 Å². The molecule has 1 aromatic heterocycles. The Hall–Kier alpha value is -1.78. The average Bonchev–Trinajstić information content (AvgIpc) is 2.75. The molecule has 0 radical (unpaired) electrons. The minimum atomic E-state index is 0.843. The molecule has 3 rings (SSSR count). The molecule has 21 heavy (non-hydrogen) atoms. The first-order valence-electron chi connectivity index (χ1n) is 7.03. The molecule has 0 unspecified atom stereocenters. The molecule has 0 fully saturated rings. The van der Waals surface area contributed by atoms with E-state index >= 15 is 0 Å². The third-order valence-electron chi connectivity index (χ3n) is 3.58. The van der Waals surface area contributed by atoms with Crippen LogP contribution in [-0.2, 0) is 13.6 Å². The van der Waals surface area contributed by atoms with Crippen molar-refractivity contribution in [2.24, 2.45) is 7.05 Å². The van der Waals surface area contributed by atoms with Crippen LogP contribution in [0.3, 0.4) is 0 Å². The largest absolute Gasteiger partial charge is 0.316 e. The minimum absolute atomic E-state index is 0.843. The average molecular weight is 297 g/mol. The molecule has 2 aromatic carbocycles. The summed E-state index contributed by atoms with van der Waals surface area (Å²) in [6.07, 6.45) is 0. The first-order chi connectivity index (χ1) is 10.2. The maximum atomic E-state index is 4.54. The molecule has 3 nitrogen and oxygen atoms in total. The van der Waals surface area contributed by atoms with Crippen LogP contribution in [0.25, 0.3) is 10.8 Å². The predicted molar refractivity (Wildman–Crippen MR) is 88.8 cm³/mol. The number of aryl methyl sites for hydroxylation is 2. The second-order valence-electron chi connectivity index (χ2n) is 5.13. The van der Waals surface area contributed by atoms with Crippen LogP contribution in [0.5, 0.6) is 0 Å². The van der Waals surface area contributed by atoms with E-state index in [0.29, 0.717) is 0 Å². The summed E-state index contributed by atoms with van der Waals surface area (Å²) in [6.45, 7) is 2.91. The maximum absolute atomic E-state index is 4.54. The maximum Gasteiger partial charge on any atom is 0.103 e. The standard InChI is InChI=1S/C17H19N3S/c1-12-16(11-18-2)17(20(3)19-12)21-15-9-8-13-6-4-5-7-14(13)10-15/h4-10,18H,11H2,1-3H3. The zero-order valence-electron chi connectivity index (χ0n) is 12.6. The molecule has 4 heteroatoms. The zero-order chi connectivity index (χ0) is 14.8. The molecule has 0 amide bonds. The van der Waals surface area contributed by atoms with Gasteiger partial charge >= 0.3 is 0 Å². The Morgan fingerprint density at radius 1 is 1.14 bits per heavy atom. The highest BCUT2D eigenvalue weighted by molar-refractivity contribution is 7.99. The van der Waals surface area contributed by atoms with Gasteiger partial charge in [0.15, 0.2) is 0 Å². The van der Waals surface area contributed by atoms with Gasteiger partial charge in [-0.2, -0.15) is 5.10 Å². The van der Waals surface area contributed by atoms with Crippen LogP contribution in [0.2, 0.25) is 0 Å². The van der Waals surface area contributed by atoms with E-state index in [2.05, 4.69) is 59.8 Å². The first kappa shape index (κ1) is 14.2. The van der Waals surface area contributed by atoms with Gasteiger partial charge in [0.2, 0.25) is 0 Å². The third-order valence-corrected chi connectivity index (χ3v) is 4.77. The van der Waals surface area contributed by atoms with Crippen LogP contribution in [-0.4, -0.2) is 16.8 Å². The quantitative estimate of drug-likeness (QED) is 0.795. The number of nitrogens with one attached hydrogen (secondary N) is 1. The van der Waals surface area contributed by atoms with E-state index in [1.54, 1.807) is 11.8 Å². The number of nitrogens with zero attached hydrogens (tertiary/aromatic N) is 2. The molecule has 0 bridgehead atoms. The van der Waals surface area contributed by atoms with Crippen LogP contribution >= 0.6 is 11.8 Å². The minimum Gasteiger partial charge on any atom is -0.316 e. The van der Waals surface area contributed by atoms with Crippen molar-refractivity contribution in [2.75, 3.05) is 7.05 Å². The van der Waals surface area contributed by atoms with E-state index in [1.165, 1.54) is 26.3 Å². The summed E-state index contributed by atoms with van der Waals surface area (Å²) in [7, 11) is 3.98. The van der Waals surface area contributed by atoms with E-state index in [4.69, 9.17) is 0 Å². The predicted octanol–water partition coefficient (Wildman–Crippen LogP) is 3.75. The summed E-state index contributed by atoms with van der Waals surface area (Å²) in [6, 6.07) is 15.1. The first-order valence-corrected chi connectivity index (χ1v) is 7.84. The Morgan fingerprint density at radius 2 is 1.90 bits per heavy atom. The van der Waals surface area contributed by atoms with Gasteiger partial charge in [0.05, 0.1) is 5.69 Å². The van der Waals surface area contributed by atoms with Gasteiger partial charge in [-0.3, -0.25) is 4.68 Å². The van der Waals surface area contributed by atoms with E-state index in [-0.39, 0.29) is 0 Å². The molecule has 0 spiro atoms. The Labute approximate surface area is 129 Å². The highest BCUT2D eigenvalue weighted by Gasteiger charge is 2.13. The van der Waals surface area contributed by atoms with Crippen molar-refractivity contribution in [2.45, 2.75) is 23.4 Å². The van der Waals surface area contributed by atoms with Gasteiger partial charge in [-0.15, -0.1) is 0 Å². The summed E-state index contributed by atoms with van der Waals surface area (Å²) < 4.78 is 1.97. The van der Waals surface area contributed by atoms with Crippen LogP contribution in [0, 0.1) is 6.92 Å². The molecular weight excluding hydrogens is 278 g/mol. The lowest BCUT2D eigenvalue weighted by Crippen LogP contribution is -2.06. The molecule has 0 saturated heterocycles. The van der Waals surface area contributed by atoms with E-state index in [9.17, 15) is 0 Å². The Bertz CT molecular complexity index is 777. The molecule has 108 valence electrons. The van der Waals surface area contributed by atoms with Crippen LogP contribution in [0.1, 0.15) is 11.3 Å². The fourth-order valence-corrected chi connectivity index (χ4v) is 3.59. The molecular formula is C17H19N3S. The fraction of sp³-hybridized carbons (Fsp3) is 0.235. The lowest BCUT2D eigenvalue weighted by molar-refractivity contribution is 0.684. The van der Waals surface area contributed by atoms with Crippen molar-refractivity contribution in [3.63, 3.8) is 0 Å². The molecule has 0 saturated carbocycles. The van der Waals surface area contributed by atoms with Gasteiger partial charge in [0.1, 0.15) is 5.03 Å². The second-order valence-corrected chi connectivity index (χ2v) is 6.20. The highest BCUT2D eigenvalue weighted by atomic mass is 32.2. The van der Waals surface area contributed by atoms with Crippen molar-refractivity contribution in [3.05, 3.63) is 53.7 Å². The number of benzene rings is 2. The number of fused-ring (bicyclic) bond motifs is 1. The Morgan fingerprint density at radius 3 is 2.67 bits per heavy atom. The summed E-state index contributed by atoms with van der Waals surface area (Å²) in [5.41, 5.74) is 2.37. The highest BCUT2D eigenvalue weighted by Crippen LogP contribution is 2.33. The molecule has 1 N–H and O–H groups in total. The third kappa shape index (κ3) is 2.82. The number of aromatic nitrogens is 2. The smallest absolute Gasteiger partial charge is 0.103 e. The second kappa shape index (κ2) is 5.92. The number of rotatable bonds is 4. The molecule has 0 aliphatic carbocycles. The van der Waals surface area contributed by atoms with E-state index < -0.39 is 0 Å². The van der Waals surface area contributed by atoms with Crippen molar-refractivity contribution in [3.8, 4) is 0 Å². The lowest BCUT2D eigenvalue weighted by Gasteiger charge is -2.07. The zero-order valence-corrected chi connectivity index (χ0v) is 13.4. The molecule has 3 aromatic rings. The number of hydrogen-bond acceptors (Lipinski definition) is 3. The Kier molecular flexibility index (Phi) is 3.99. The summed E-state index contributed by atoms with van der Waals surface area (Å²) in [5.74, 6) is 0. The molecule has 0 aliphatic rings. The van der Waals surface area contributed by atoms with E-state index in [0.717, 1.165) is 12.2 Å². The summed E-state index contributed by atoms with van der Waals surface area (Å²) >= 11 is 1.78. The van der Waals surface area contributed by atoms with Gasteiger partial charge in [-0.25, -0.2) is 0 Å². The summed E-state index contributed by atoms with van der Waals surface area (Å²) in [4.78, 5) is 1.24. The van der Waals surface area contributed by atoms with Crippen molar-refractivity contribution in [1.82, 2.24) is 15.1 Å². The van der Waals surface area contributed by atoms with Crippen LogP contribution < -0.4 is 5.32 Å². The van der Waals surface area contributed by atoms with Gasteiger partial charge in [-0.1, -0.05) is 42.1 Å².